The molecular formula is C21H20BrN3O3. The Hall–Kier alpha value is -2.67. The fraction of sp³-hybridized carbons (Fsp3) is 0.286. The van der Waals surface area contributed by atoms with Gasteiger partial charge in [-0.15, -0.1) is 0 Å². The van der Waals surface area contributed by atoms with Crippen LogP contribution < -0.4 is 10.1 Å². The van der Waals surface area contributed by atoms with E-state index in [1.165, 1.54) is 0 Å². The lowest BCUT2D eigenvalue weighted by Gasteiger charge is -2.37. The maximum absolute atomic E-state index is 12.9. The van der Waals surface area contributed by atoms with Crippen LogP contribution >= 0.6 is 15.9 Å². The van der Waals surface area contributed by atoms with Gasteiger partial charge in [0.05, 0.1) is 12.7 Å². The highest BCUT2D eigenvalue weighted by molar-refractivity contribution is 9.10. The molecular weight excluding hydrogens is 422 g/mol. The first-order chi connectivity index (χ1) is 13.5. The summed E-state index contributed by atoms with van der Waals surface area (Å²) >= 11 is 3.40. The fourth-order valence-corrected chi connectivity index (χ4v) is 3.94. The minimum absolute atomic E-state index is 0.0614. The number of carbonyl (C=O) groups excluding carboxylic acids is 2. The van der Waals surface area contributed by atoms with E-state index in [4.69, 9.17) is 9.73 Å². The number of hydrogen-bond donors (Lipinski definition) is 1. The predicted molar refractivity (Wildman–Crippen MR) is 110 cm³/mol. The Labute approximate surface area is 171 Å². The smallest absolute Gasteiger partial charge is 0.272 e. The molecule has 1 N–H and O–H groups in total. The fourth-order valence-electron chi connectivity index (χ4n) is 3.67. The minimum atomic E-state index is -0.628. The normalized spacial score (nSPS) is 18.0. The van der Waals surface area contributed by atoms with Gasteiger partial charge in [0.15, 0.2) is 0 Å². The van der Waals surface area contributed by atoms with Crippen LogP contribution in [0.2, 0.25) is 0 Å². The number of nitrogens with one attached hydrogen (secondary N) is 1. The van der Waals surface area contributed by atoms with E-state index >= 15 is 0 Å². The molecule has 0 aliphatic carbocycles. The van der Waals surface area contributed by atoms with Crippen molar-refractivity contribution in [3.8, 4) is 5.75 Å². The van der Waals surface area contributed by atoms with Crippen molar-refractivity contribution in [1.29, 1.82) is 0 Å². The highest BCUT2D eigenvalue weighted by Crippen LogP contribution is 2.30. The van der Waals surface area contributed by atoms with Crippen molar-refractivity contribution in [3.05, 3.63) is 64.1 Å². The van der Waals surface area contributed by atoms with Crippen molar-refractivity contribution in [2.75, 3.05) is 20.2 Å². The second kappa shape index (κ2) is 7.39. The van der Waals surface area contributed by atoms with Crippen LogP contribution in [0.3, 0.4) is 0 Å². The molecule has 1 fully saturated rings. The van der Waals surface area contributed by atoms with Crippen LogP contribution in [-0.2, 0) is 4.79 Å². The molecule has 2 aliphatic rings. The third kappa shape index (κ3) is 3.42. The van der Waals surface area contributed by atoms with Gasteiger partial charge < -0.3 is 15.0 Å². The van der Waals surface area contributed by atoms with E-state index in [9.17, 15) is 9.59 Å². The van der Waals surface area contributed by atoms with Crippen LogP contribution in [0.1, 0.15) is 28.8 Å². The predicted octanol–water partition coefficient (Wildman–Crippen LogP) is 3.01. The highest BCUT2D eigenvalue weighted by Gasteiger charge is 2.43. The maximum atomic E-state index is 12.9. The van der Waals surface area contributed by atoms with E-state index in [0.29, 0.717) is 43.0 Å². The first-order valence-corrected chi connectivity index (χ1v) is 9.91. The molecule has 0 bridgehead atoms. The van der Waals surface area contributed by atoms with E-state index in [-0.39, 0.29) is 11.8 Å². The zero-order chi connectivity index (χ0) is 19.7. The van der Waals surface area contributed by atoms with Crippen molar-refractivity contribution in [1.82, 2.24) is 10.2 Å². The van der Waals surface area contributed by atoms with Crippen LogP contribution in [0.25, 0.3) is 0 Å². The zero-order valence-corrected chi connectivity index (χ0v) is 17.0. The summed E-state index contributed by atoms with van der Waals surface area (Å²) in [5.74, 6) is 0.345. The standard InChI is InChI=1S/C21H20BrN3O3/c1-28-17-5-3-2-4-16(17)20(27)25-12-10-21(11-13-25)23-18(19(26)24-21)14-6-8-15(22)9-7-14/h2-9H,10-13H2,1H3,(H,24,26). The molecule has 2 aliphatic heterocycles. The third-order valence-electron chi connectivity index (χ3n) is 5.22. The van der Waals surface area contributed by atoms with E-state index in [1.807, 2.05) is 36.4 Å². The molecule has 2 aromatic rings. The number of piperidine rings is 1. The number of para-hydroxylation sites is 1. The summed E-state index contributed by atoms with van der Waals surface area (Å²) in [5, 5.41) is 3.04. The van der Waals surface area contributed by atoms with Gasteiger partial charge in [0.1, 0.15) is 17.1 Å². The van der Waals surface area contributed by atoms with Gasteiger partial charge in [-0.3, -0.25) is 14.6 Å². The minimum Gasteiger partial charge on any atom is -0.496 e. The molecule has 6 nitrogen and oxygen atoms in total. The SMILES string of the molecule is COc1ccccc1C(=O)N1CCC2(CC1)N=C(c1ccc(Br)cc1)C(=O)N2. The Morgan fingerprint density at radius 3 is 2.50 bits per heavy atom. The Morgan fingerprint density at radius 1 is 1.14 bits per heavy atom. The number of methoxy groups -OCH3 is 1. The van der Waals surface area contributed by atoms with Gasteiger partial charge in [-0.05, 0) is 24.3 Å². The van der Waals surface area contributed by atoms with Crippen LogP contribution in [-0.4, -0.2) is 48.3 Å². The molecule has 1 saturated heterocycles. The molecule has 2 aromatic carbocycles. The number of rotatable bonds is 3. The summed E-state index contributed by atoms with van der Waals surface area (Å²) in [6.07, 6.45) is 1.17. The van der Waals surface area contributed by atoms with Gasteiger partial charge in [-0.25, -0.2) is 0 Å². The average molecular weight is 442 g/mol. The monoisotopic (exact) mass is 441 g/mol. The Balaban J connectivity index is 1.50. The van der Waals surface area contributed by atoms with Crippen molar-refractivity contribution in [3.63, 3.8) is 0 Å². The molecule has 2 heterocycles. The van der Waals surface area contributed by atoms with Crippen LogP contribution in [0.4, 0.5) is 0 Å². The van der Waals surface area contributed by atoms with E-state index < -0.39 is 5.66 Å². The topological polar surface area (TPSA) is 71.0 Å². The van der Waals surface area contributed by atoms with Gasteiger partial charge in [0.25, 0.3) is 11.8 Å². The number of ether oxygens (including phenoxy) is 1. The van der Waals surface area contributed by atoms with Crippen molar-refractivity contribution in [2.24, 2.45) is 4.99 Å². The Morgan fingerprint density at radius 2 is 1.82 bits per heavy atom. The van der Waals surface area contributed by atoms with E-state index in [1.54, 1.807) is 24.1 Å². The first kappa shape index (κ1) is 18.7. The molecule has 0 unspecified atom stereocenters. The summed E-state index contributed by atoms with van der Waals surface area (Å²) < 4.78 is 6.26. The molecule has 0 saturated carbocycles. The van der Waals surface area contributed by atoms with Crippen LogP contribution in [0.5, 0.6) is 5.75 Å². The van der Waals surface area contributed by atoms with E-state index in [0.717, 1.165) is 10.0 Å². The van der Waals surface area contributed by atoms with Gasteiger partial charge in [0, 0.05) is 36.0 Å². The van der Waals surface area contributed by atoms with Gasteiger partial charge in [-0.1, -0.05) is 40.2 Å². The summed E-state index contributed by atoms with van der Waals surface area (Å²) in [4.78, 5) is 31.9. The number of hydrogen-bond acceptors (Lipinski definition) is 4. The molecule has 4 rings (SSSR count). The quantitative estimate of drug-likeness (QED) is 0.795. The molecule has 144 valence electrons. The molecule has 0 atom stereocenters. The highest BCUT2D eigenvalue weighted by atomic mass is 79.9. The number of nitrogens with zero attached hydrogens (tertiary/aromatic N) is 2. The summed E-state index contributed by atoms with van der Waals surface area (Å²) in [5.41, 5.74) is 1.18. The summed E-state index contributed by atoms with van der Waals surface area (Å²) in [6, 6.07) is 14.8. The number of benzene rings is 2. The second-order valence-electron chi connectivity index (χ2n) is 6.95. The van der Waals surface area contributed by atoms with Crippen molar-refractivity contribution in [2.45, 2.75) is 18.5 Å². The summed E-state index contributed by atoms with van der Waals surface area (Å²) in [6.45, 7) is 1.04. The van der Waals surface area contributed by atoms with Crippen LogP contribution in [0, 0.1) is 0 Å². The molecule has 28 heavy (non-hydrogen) atoms. The Bertz CT molecular complexity index is 948. The first-order valence-electron chi connectivity index (χ1n) is 9.12. The molecule has 7 heteroatoms. The number of carbonyl (C=O) groups is 2. The van der Waals surface area contributed by atoms with Crippen LogP contribution in [0.15, 0.2) is 58.0 Å². The molecule has 2 amide bonds. The third-order valence-corrected chi connectivity index (χ3v) is 5.75. The lowest BCUT2D eigenvalue weighted by molar-refractivity contribution is -0.115. The lowest BCUT2D eigenvalue weighted by Crippen LogP contribution is -2.52. The number of halogens is 1. The number of likely N-dealkylation sites (tertiary alicyclic amines) is 1. The second-order valence-corrected chi connectivity index (χ2v) is 7.86. The number of aliphatic imine (C=N–C) groups is 1. The molecule has 1 spiro atoms. The molecule has 0 radical (unpaired) electrons. The van der Waals surface area contributed by atoms with Crippen molar-refractivity contribution < 1.29 is 14.3 Å². The van der Waals surface area contributed by atoms with Gasteiger partial charge in [0.2, 0.25) is 0 Å². The van der Waals surface area contributed by atoms with Gasteiger partial charge >= 0.3 is 0 Å². The largest absolute Gasteiger partial charge is 0.496 e. The lowest BCUT2D eigenvalue weighted by atomic mass is 9.97. The van der Waals surface area contributed by atoms with Gasteiger partial charge in [-0.2, -0.15) is 0 Å². The maximum Gasteiger partial charge on any atom is 0.272 e. The summed E-state index contributed by atoms with van der Waals surface area (Å²) in [7, 11) is 1.56. The van der Waals surface area contributed by atoms with E-state index in [2.05, 4.69) is 21.2 Å². The van der Waals surface area contributed by atoms with Crippen molar-refractivity contribution >= 4 is 33.5 Å². The Kier molecular flexibility index (Phi) is 4.93. The number of amides is 2. The molecule has 0 aromatic heterocycles. The average Bonchev–Trinajstić information content (AvgIpc) is 3.04. The zero-order valence-electron chi connectivity index (χ0n) is 15.4.